The molecule has 6 nitrogen and oxygen atoms in total. The summed E-state index contributed by atoms with van der Waals surface area (Å²) in [7, 11) is -3.64. The van der Waals surface area contributed by atoms with Crippen molar-refractivity contribution in [2.24, 2.45) is 0 Å². The van der Waals surface area contributed by atoms with Gasteiger partial charge in [-0.3, -0.25) is 9.10 Å². The third kappa shape index (κ3) is 5.67. The summed E-state index contributed by atoms with van der Waals surface area (Å²) in [6.07, 6.45) is 4.82. The van der Waals surface area contributed by atoms with E-state index in [1.54, 1.807) is 25.1 Å². The molecule has 2 aromatic rings. The Kier molecular flexibility index (Phi) is 7.26. The standard InChI is InChI=1S/C22H28ClN3O3S/c1-17-20(23)7-6-8-21(17)26(30(2,28)29)16-22(27)24-15-18-9-11-19(12-10-18)25-13-4-3-5-14-25/h6-12H,3-5,13-16H2,1-2H3,(H,24,27). The van der Waals surface area contributed by atoms with Gasteiger partial charge in [0.15, 0.2) is 0 Å². The second-order valence-electron chi connectivity index (χ2n) is 7.64. The summed E-state index contributed by atoms with van der Waals surface area (Å²) >= 11 is 6.13. The van der Waals surface area contributed by atoms with Crippen LogP contribution in [0.4, 0.5) is 11.4 Å². The lowest BCUT2D eigenvalue weighted by molar-refractivity contribution is -0.119. The molecule has 2 aromatic carbocycles. The number of nitrogens with one attached hydrogen (secondary N) is 1. The molecule has 0 aromatic heterocycles. The third-order valence-corrected chi connectivity index (χ3v) is 6.88. The molecular weight excluding hydrogens is 422 g/mol. The number of piperidine rings is 1. The Balaban J connectivity index is 1.62. The quantitative estimate of drug-likeness (QED) is 0.699. The number of sulfonamides is 1. The van der Waals surface area contributed by atoms with E-state index in [9.17, 15) is 13.2 Å². The summed E-state index contributed by atoms with van der Waals surface area (Å²) in [6.45, 7) is 3.94. The summed E-state index contributed by atoms with van der Waals surface area (Å²) in [6, 6.07) is 13.2. The first-order chi connectivity index (χ1) is 14.3. The number of nitrogens with zero attached hydrogens (tertiary/aromatic N) is 2. The lowest BCUT2D eigenvalue weighted by Crippen LogP contribution is -2.40. The number of anilines is 2. The van der Waals surface area contributed by atoms with Gasteiger partial charge in [0.05, 0.1) is 11.9 Å². The summed E-state index contributed by atoms with van der Waals surface area (Å²) in [4.78, 5) is 14.9. The highest BCUT2D eigenvalue weighted by molar-refractivity contribution is 7.92. The Bertz CT molecular complexity index is 987. The lowest BCUT2D eigenvalue weighted by atomic mass is 10.1. The van der Waals surface area contributed by atoms with Crippen LogP contribution in [0, 0.1) is 6.92 Å². The van der Waals surface area contributed by atoms with E-state index < -0.39 is 10.0 Å². The van der Waals surface area contributed by atoms with E-state index in [-0.39, 0.29) is 12.5 Å². The van der Waals surface area contributed by atoms with Gasteiger partial charge in [0.25, 0.3) is 0 Å². The highest BCUT2D eigenvalue weighted by atomic mass is 35.5. The fourth-order valence-corrected chi connectivity index (χ4v) is 4.69. The van der Waals surface area contributed by atoms with Crippen molar-refractivity contribution in [3.05, 3.63) is 58.6 Å². The summed E-state index contributed by atoms with van der Waals surface area (Å²) in [5, 5.41) is 3.27. The van der Waals surface area contributed by atoms with Gasteiger partial charge in [-0.2, -0.15) is 0 Å². The average molecular weight is 450 g/mol. The van der Waals surface area contributed by atoms with Crippen LogP contribution in [-0.4, -0.2) is 40.2 Å². The van der Waals surface area contributed by atoms with E-state index >= 15 is 0 Å². The van der Waals surface area contributed by atoms with E-state index in [0.717, 1.165) is 29.2 Å². The summed E-state index contributed by atoms with van der Waals surface area (Å²) in [5.74, 6) is -0.375. The molecule has 0 spiro atoms. The van der Waals surface area contributed by atoms with Gasteiger partial charge in [0.1, 0.15) is 6.54 Å². The van der Waals surface area contributed by atoms with Crippen LogP contribution in [0.5, 0.6) is 0 Å². The van der Waals surface area contributed by atoms with Crippen LogP contribution in [0.2, 0.25) is 5.02 Å². The van der Waals surface area contributed by atoms with Gasteiger partial charge >= 0.3 is 0 Å². The normalized spacial score (nSPS) is 14.4. The number of rotatable bonds is 7. The molecule has 1 saturated heterocycles. The van der Waals surface area contributed by atoms with Crippen molar-refractivity contribution < 1.29 is 13.2 Å². The van der Waals surface area contributed by atoms with Gasteiger partial charge in [-0.05, 0) is 61.6 Å². The number of carbonyl (C=O) groups excluding carboxylic acids is 1. The smallest absolute Gasteiger partial charge is 0.241 e. The number of benzene rings is 2. The summed E-state index contributed by atoms with van der Waals surface area (Å²) in [5.41, 5.74) is 3.19. The predicted octanol–water partition coefficient (Wildman–Crippen LogP) is 3.72. The number of carbonyl (C=O) groups is 1. The maximum atomic E-state index is 12.5. The highest BCUT2D eigenvalue weighted by Gasteiger charge is 2.23. The maximum Gasteiger partial charge on any atom is 0.241 e. The molecule has 1 N–H and O–H groups in total. The molecule has 1 amide bonds. The zero-order chi connectivity index (χ0) is 21.7. The van der Waals surface area contributed by atoms with Crippen LogP contribution in [0.25, 0.3) is 0 Å². The first-order valence-corrected chi connectivity index (χ1v) is 12.3. The molecular formula is C22H28ClN3O3S. The first-order valence-electron chi connectivity index (χ1n) is 10.1. The highest BCUT2D eigenvalue weighted by Crippen LogP contribution is 2.28. The van der Waals surface area contributed by atoms with Gasteiger partial charge in [-0.25, -0.2) is 8.42 Å². The zero-order valence-corrected chi connectivity index (χ0v) is 19.0. The van der Waals surface area contributed by atoms with Gasteiger partial charge in [-0.15, -0.1) is 0 Å². The second kappa shape index (κ2) is 9.71. The SMILES string of the molecule is Cc1c(Cl)cccc1N(CC(=O)NCc1ccc(N2CCCCC2)cc1)S(C)(=O)=O. The van der Waals surface area contributed by atoms with Crippen LogP contribution in [0.3, 0.4) is 0 Å². The third-order valence-electron chi connectivity index (χ3n) is 5.34. The molecule has 1 heterocycles. The topological polar surface area (TPSA) is 69.7 Å². The van der Waals surface area contributed by atoms with Crippen LogP contribution >= 0.6 is 11.6 Å². The number of hydrogen-bond acceptors (Lipinski definition) is 4. The monoisotopic (exact) mass is 449 g/mol. The molecule has 0 bridgehead atoms. The minimum Gasteiger partial charge on any atom is -0.372 e. The fourth-order valence-electron chi connectivity index (χ4n) is 3.61. The molecule has 0 radical (unpaired) electrons. The number of halogens is 1. The van der Waals surface area contributed by atoms with E-state index in [1.165, 1.54) is 24.9 Å². The molecule has 1 aliphatic rings. The molecule has 1 fully saturated rings. The van der Waals surface area contributed by atoms with E-state index in [0.29, 0.717) is 22.8 Å². The first kappa shape index (κ1) is 22.4. The molecule has 0 atom stereocenters. The van der Waals surface area contributed by atoms with Crippen molar-refractivity contribution in [1.82, 2.24) is 5.32 Å². The Morgan fingerprint density at radius 3 is 2.40 bits per heavy atom. The minimum absolute atomic E-state index is 0.300. The Morgan fingerprint density at radius 2 is 1.77 bits per heavy atom. The van der Waals surface area contributed by atoms with E-state index in [2.05, 4.69) is 22.3 Å². The largest absolute Gasteiger partial charge is 0.372 e. The minimum atomic E-state index is -3.64. The number of amides is 1. The summed E-state index contributed by atoms with van der Waals surface area (Å²) < 4.78 is 25.7. The van der Waals surface area contributed by atoms with Gasteiger partial charge in [0, 0.05) is 30.3 Å². The van der Waals surface area contributed by atoms with Gasteiger partial charge < -0.3 is 10.2 Å². The van der Waals surface area contributed by atoms with E-state index in [1.807, 2.05) is 12.1 Å². The van der Waals surface area contributed by atoms with Crippen molar-refractivity contribution in [3.63, 3.8) is 0 Å². The van der Waals surface area contributed by atoms with Crippen LogP contribution in [-0.2, 0) is 21.4 Å². The molecule has 1 aliphatic heterocycles. The fraction of sp³-hybridized carbons (Fsp3) is 0.409. The van der Waals surface area contributed by atoms with Crippen LogP contribution in [0.15, 0.2) is 42.5 Å². The van der Waals surface area contributed by atoms with Gasteiger partial charge in [0.2, 0.25) is 15.9 Å². The molecule has 0 saturated carbocycles. The van der Waals surface area contributed by atoms with Gasteiger partial charge in [-0.1, -0.05) is 29.8 Å². The van der Waals surface area contributed by atoms with Crippen LogP contribution in [0.1, 0.15) is 30.4 Å². The molecule has 162 valence electrons. The Morgan fingerprint density at radius 1 is 1.10 bits per heavy atom. The Labute approximate surface area is 183 Å². The number of hydrogen-bond donors (Lipinski definition) is 1. The maximum absolute atomic E-state index is 12.5. The molecule has 0 aliphatic carbocycles. The predicted molar refractivity (Wildman–Crippen MR) is 123 cm³/mol. The van der Waals surface area contributed by atoms with Crippen molar-refractivity contribution in [2.45, 2.75) is 32.7 Å². The zero-order valence-electron chi connectivity index (χ0n) is 17.4. The van der Waals surface area contributed by atoms with E-state index in [4.69, 9.17) is 11.6 Å². The van der Waals surface area contributed by atoms with Crippen molar-refractivity contribution in [3.8, 4) is 0 Å². The molecule has 30 heavy (non-hydrogen) atoms. The van der Waals surface area contributed by atoms with Crippen molar-refractivity contribution >= 4 is 38.9 Å². The second-order valence-corrected chi connectivity index (χ2v) is 9.96. The molecule has 3 rings (SSSR count). The molecule has 8 heteroatoms. The van der Waals surface area contributed by atoms with Crippen molar-refractivity contribution in [2.75, 3.05) is 35.1 Å². The molecule has 0 unspecified atom stereocenters. The van der Waals surface area contributed by atoms with Crippen LogP contribution < -0.4 is 14.5 Å². The van der Waals surface area contributed by atoms with Crippen molar-refractivity contribution in [1.29, 1.82) is 0 Å². The average Bonchev–Trinajstić information content (AvgIpc) is 2.73. The Hall–Kier alpha value is -2.25. The lowest BCUT2D eigenvalue weighted by Gasteiger charge is -2.28.